The zero-order chi connectivity index (χ0) is 24.8. The summed E-state index contributed by atoms with van der Waals surface area (Å²) >= 11 is 0. The van der Waals surface area contributed by atoms with Crippen molar-refractivity contribution in [2.75, 3.05) is 0 Å². The maximum absolute atomic E-state index is 15.1. The van der Waals surface area contributed by atoms with E-state index in [9.17, 15) is 14.4 Å². The van der Waals surface area contributed by atoms with Crippen LogP contribution in [0.4, 0.5) is 4.39 Å². The lowest BCUT2D eigenvalue weighted by Gasteiger charge is -2.39. The smallest absolute Gasteiger partial charge is 0.333 e. The molecule has 7 heteroatoms. The number of ether oxygens (including phenoxy) is 3. The van der Waals surface area contributed by atoms with Gasteiger partial charge in [0.2, 0.25) is 0 Å². The van der Waals surface area contributed by atoms with Gasteiger partial charge < -0.3 is 14.2 Å². The second kappa shape index (κ2) is 12.0. The van der Waals surface area contributed by atoms with Crippen molar-refractivity contribution in [1.82, 2.24) is 0 Å². The van der Waals surface area contributed by atoms with Crippen LogP contribution in [-0.4, -0.2) is 42.4 Å². The monoisotopic (exact) mass is 478 g/mol. The molecule has 0 bridgehead atoms. The van der Waals surface area contributed by atoms with Gasteiger partial charge in [-0.3, -0.25) is 4.79 Å². The third kappa shape index (κ3) is 7.16. The van der Waals surface area contributed by atoms with Gasteiger partial charge in [0, 0.05) is 11.1 Å². The van der Waals surface area contributed by atoms with E-state index in [1.807, 2.05) is 0 Å². The molecule has 0 aromatic carbocycles. The van der Waals surface area contributed by atoms with E-state index >= 15 is 4.39 Å². The molecule has 190 valence electrons. The molecule has 3 atom stereocenters. The molecular formula is C27H39FO6. The summed E-state index contributed by atoms with van der Waals surface area (Å²) in [4.78, 5) is 36.1. The van der Waals surface area contributed by atoms with Crippen molar-refractivity contribution >= 4 is 17.9 Å². The van der Waals surface area contributed by atoms with E-state index in [2.05, 4.69) is 13.2 Å². The lowest BCUT2D eigenvalue weighted by Crippen LogP contribution is -2.38. The number of hydrogen-bond acceptors (Lipinski definition) is 6. The number of carbonyl (C=O) groups is 3. The predicted molar refractivity (Wildman–Crippen MR) is 125 cm³/mol. The molecule has 3 unspecified atom stereocenters. The molecule has 34 heavy (non-hydrogen) atoms. The Morgan fingerprint density at radius 3 is 1.56 bits per heavy atom. The maximum atomic E-state index is 15.1. The Labute approximate surface area is 202 Å². The van der Waals surface area contributed by atoms with Crippen molar-refractivity contribution < 1.29 is 33.0 Å². The minimum Gasteiger partial charge on any atom is -0.462 e. The van der Waals surface area contributed by atoms with E-state index in [4.69, 9.17) is 14.2 Å². The van der Waals surface area contributed by atoms with Gasteiger partial charge in [0.15, 0.2) is 0 Å². The highest BCUT2D eigenvalue weighted by atomic mass is 19.1. The molecule has 3 saturated carbocycles. The summed E-state index contributed by atoms with van der Waals surface area (Å²) < 4.78 is 31.7. The van der Waals surface area contributed by atoms with Gasteiger partial charge in [-0.2, -0.15) is 0 Å². The summed E-state index contributed by atoms with van der Waals surface area (Å²) in [7, 11) is 0. The van der Waals surface area contributed by atoms with Gasteiger partial charge in [0.25, 0.3) is 0 Å². The van der Waals surface area contributed by atoms with Crippen molar-refractivity contribution in [2.45, 2.75) is 109 Å². The number of esters is 3. The highest BCUT2D eigenvalue weighted by molar-refractivity contribution is 5.87. The highest BCUT2D eigenvalue weighted by Crippen LogP contribution is 2.42. The van der Waals surface area contributed by atoms with Gasteiger partial charge in [-0.1, -0.05) is 13.2 Å². The average molecular weight is 479 g/mol. The minimum absolute atomic E-state index is 0.0414. The second-order valence-corrected chi connectivity index (χ2v) is 10.4. The van der Waals surface area contributed by atoms with Gasteiger partial charge >= 0.3 is 17.9 Å². The molecule has 3 rings (SSSR count). The molecule has 0 aromatic heterocycles. The van der Waals surface area contributed by atoms with Crippen molar-refractivity contribution in [3.05, 3.63) is 24.3 Å². The molecule has 3 aliphatic carbocycles. The summed E-state index contributed by atoms with van der Waals surface area (Å²) in [5.74, 6) is -1.19. The molecule has 0 saturated heterocycles. The first-order chi connectivity index (χ1) is 16.1. The normalized spacial score (nSPS) is 33.9. The van der Waals surface area contributed by atoms with Gasteiger partial charge in [-0.05, 0) is 96.3 Å². The fraction of sp³-hybridized carbons (Fsp3) is 0.741. The van der Waals surface area contributed by atoms with Crippen LogP contribution in [0.2, 0.25) is 0 Å². The van der Waals surface area contributed by atoms with E-state index in [1.54, 1.807) is 13.8 Å². The van der Waals surface area contributed by atoms with Crippen LogP contribution in [0, 0.1) is 17.8 Å². The lowest BCUT2D eigenvalue weighted by atomic mass is 9.69. The van der Waals surface area contributed by atoms with Gasteiger partial charge in [0.05, 0.1) is 5.92 Å². The quantitative estimate of drug-likeness (QED) is 0.277. The molecule has 0 aliphatic heterocycles. The molecule has 6 nitrogen and oxygen atoms in total. The molecular weight excluding hydrogens is 439 g/mol. The summed E-state index contributed by atoms with van der Waals surface area (Å²) in [6.45, 7) is 10.5. The van der Waals surface area contributed by atoms with E-state index in [-0.39, 0.29) is 54.5 Å². The molecule has 0 amide bonds. The van der Waals surface area contributed by atoms with Crippen LogP contribution >= 0.6 is 0 Å². The molecule has 0 heterocycles. The first-order valence-electron chi connectivity index (χ1n) is 12.7. The summed E-state index contributed by atoms with van der Waals surface area (Å²) in [5, 5.41) is 0. The Balaban J connectivity index is 1.38. The Morgan fingerprint density at radius 1 is 0.676 bits per heavy atom. The number of rotatable bonds is 7. The van der Waals surface area contributed by atoms with E-state index in [0.29, 0.717) is 49.7 Å². The van der Waals surface area contributed by atoms with Crippen LogP contribution in [0.25, 0.3) is 0 Å². The summed E-state index contributed by atoms with van der Waals surface area (Å²) in [6.07, 6.45) is 5.87. The Hall–Kier alpha value is -2.18. The minimum atomic E-state index is -1.01. The zero-order valence-corrected chi connectivity index (χ0v) is 20.6. The van der Waals surface area contributed by atoms with E-state index < -0.39 is 12.1 Å². The molecule has 0 aromatic rings. The topological polar surface area (TPSA) is 78.9 Å². The van der Waals surface area contributed by atoms with Crippen LogP contribution < -0.4 is 0 Å². The molecule has 0 radical (unpaired) electrons. The molecule has 3 fully saturated rings. The third-order valence-electron chi connectivity index (χ3n) is 7.63. The number of carbonyl (C=O) groups excluding carboxylic acids is 3. The number of halogens is 1. The Kier molecular flexibility index (Phi) is 9.31. The van der Waals surface area contributed by atoms with Crippen LogP contribution in [0.5, 0.6) is 0 Å². The second-order valence-electron chi connectivity index (χ2n) is 10.4. The van der Waals surface area contributed by atoms with Gasteiger partial charge in [0.1, 0.15) is 24.5 Å². The van der Waals surface area contributed by atoms with Crippen molar-refractivity contribution in [1.29, 1.82) is 0 Å². The van der Waals surface area contributed by atoms with Gasteiger partial charge in [-0.15, -0.1) is 0 Å². The SMILES string of the molecule is C=C(C)C(=O)OC1CCC(OC(=O)C2CCC(C3CCC(OC(=O)C(=C)C)CC3)C(F)C2)CC1. The number of hydrogen-bond donors (Lipinski definition) is 0. The highest BCUT2D eigenvalue weighted by Gasteiger charge is 2.41. The third-order valence-corrected chi connectivity index (χ3v) is 7.63. The van der Waals surface area contributed by atoms with Crippen molar-refractivity contribution in [3.63, 3.8) is 0 Å². The predicted octanol–water partition coefficient (Wildman–Crippen LogP) is 5.39. The Morgan fingerprint density at radius 2 is 1.12 bits per heavy atom. The van der Waals surface area contributed by atoms with Gasteiger partial charge in [-0.25, -0.2) is 14.0 Å². The first-order valence-corrected chi connectivity index (χ1v) is 12.7. The van der Waals surface area contributed by atoms with Crippen molar-refractivity contribution in [3.8, 4) is 0 Å². The average Bonchev–Trinajstić information content (AvgIpc) is 2.80. The fourth-order valence-electron chi connectivity index (χ4n) is 5.55. The van der Waals surface area contributed by atoms with E-state index in [1.165, 1.54) is 0 Å². The van der Waals surface area contributed by atoms with Crippen molar-refractivity contribution in [2.24, 2.45) is 17.8 Å². The number of alkyl halides is 1. The van der Waals surface area contributed by atoms with E-state index in [0.717, 1.165) is 25.7 Å². The lowest BCUT2D eigenvalue weighted by molar-refractivity contribution is -0.162. The van der Waals surface area contributed by atoms with Crippen LogP contribution in [0.15, 0.2) is 24.3 Å². The molecule has 0 N–H and O–H groups in total. The Bertz CT molecular complexity index is 776. The van der Waals surface area contributed by atoms with Crippen LogP contribution in [0.1, 0.15) is 84.5 Å². The molecule has 3 aliphatic rings. The van der Waals surface area contributed by atoms with Crippen LogP contribution in [0.3, 0.4) is 0 Å². The molecule has 0 spiro atoms. The standard InChI is InChI=1S/C27H39FO6/c1-16(2)25(29)32-20-8-5-18(6-9-20)23-14-7-19(15-24(23)28)27(31)34-22-12-10-21(11-13-22)33-26(30)17(3)4/h18-24H,1,3,5-15H2,2,4H3. The zero-order valence-electron chi connectivity index (χ0n) is 20.6. The fourth-order valence-corrected chi connectivity index (χ4v) is 5.55. The maximum Gasteiger partial charge on any atom is 0.333 e. The summed E-state index contributed by atoms with van der Waals surface area (Å²) in [5.41, 5.74) is 0.777. The first kappa shape index (κ1) is 26.4. The largest absolute Gasteiger partial charge is 0.462 e. The van der Waals surface area contributed by atoms with Crippen LogP contribution in [-0.2, 0) is 28.6 Å². The summed E-state index contributed by atoms with van der Waals surface area (Å²) in [6, 6.07) is 0.